The number of guanidine groups is 1. The Bertz CT molecular complexity index is 450. The number of halogens is 2. The Hall–Kier alpha value is 0.390. The minimum atomic E-state index is 0. The van der Waals surface area contributed by atoms with E-state index in [9.17, 15) is 0 Å². The Balaban J connectivity index is 0.00000242. The summed E-state index contributed by atoms with van der Waals surface area (Å²) in [6, 6.07) is 4.36. The Morgan fingerprint density at radius 3 is 2.77 bits per heavy atom. The number of nitrogens with one attached hydrogen (secondary N) is 2. The van der Waals surface area contributed by atoms with Crippen molar-refractivity contribution in [1.29, 1.82) is 0 Å². The fourth-order valence-corrected chi connectivity index (χ4v) is 3.68. The van der Waals surface area contributed by atoms with Crippen molar-refractivity contribution in [2.75, 3.05) is 33.4 Å². The van der Waals surface area contributed by atoms with E-state index in [2.05, 4.69) is 50.3 Å². The van der Waals surface area contributed by atoms with E-state index in [1.54, 1.807) is 0 Å². The minimum absolute atomic E-state index is 0. The van der Waals surface area contributed by atoms with Crippen molar-refractivity contribution in [3.63, 3.8) is 0 Å². The molecule has 0 saturated heterocycles. The third-order valence-corrected chi connectivity index (χ3v) is 5.28. The highest BCUT2D eigenvalue weighted by Gasteiger charge is 2.20. The maximum Gasteiger partial charge on any atom is 0.190 e. The Morgan fingerprint density at radius 2 is 2.14 bits per heavy atom. The van der Waals surface area contributed by atoms with E-state index >= 15 is 0 Å². The summed E-state index contributed by atoms with van der Waals surface area (Å²) >= 11 is 4.21. The lowest BCUT2D eigenvalue weighted by Crippen LogP contribution is -2.38. The van der Waals surface area contributed by atoms with Gasteiger partial charge in [0, 0.05) is 38.2 Å². The van der Waals surface area contributed by atoms with Crippen LogP contribution in [0, 0.1) is 8.80 Å². The van der Waals surface area contributed by atoms with Crippen LogP contribution in [0.3, 0.4) is 0 Å². The minimum Gasteiger partial charge on any atom is -0.381 e. The van der Waals surface area contributed by atoms with Gasteiger partial charge in [0.1, 0.15) is 0 Å². The molecule has 0 bridgehead atoms. The molecule has 1 aliphatic carbocycles. The number of rotatable bonds is 9. The van der Waals surface area contributed by atoms with Crippen molar-refractivity contribution in [2.45, 2.75) is 25.7 Å². The Morgan fingerprint density at radius 1 is 1.36 bits per heavy atom. The number of hydrogen-bond acceptors (Lipinski definition) is 3. The first-order valence-corrected chi connectivity index (χ1v) is 9.44. The van der Waals surface area contributed by atoms with Gasteiger partial charge in [0.2, 0.25) is 0 Å². The summed E-state index contributed by atoms with van der Waals surface area (Å²) in [4.78, 5) is 5.65. The average Bonchev–Trinajstić information content (AvgIpc) is 3.22. The third kappa shape index (κ3) is 8.88. The topological polar surface area (TPSA) is 45.7 Å². The zero-order valence-corrected chi connectivity index (χ0v) is 18.2. The van der Waals surface area contributed by atoms with Crippen LogP contribution in [0.4, 0.5) is 0 Å². The van der Waals surface area contributed by atoms with Gasteiger partial charge in [-0.25, -0.2) is 0 Å². The van der Waals surface area contributed by atoms with Gasteiger partial charge in [0.05, 0.1) is 2.88 Å². The summed E-state index contributed by atoms with van der Waals surface area (Å²) in [7, 11) is 1.81. The van der Waals surface area contributed by atoms with Gasteiger partial charge in [-0.1, -0.05) is 0 Å². The molecule has 1 heterocycles. The molecule has 126 valence electrons. The second-order valence-corrected chi connectivity index (χ2v) is 8.32. The van der Waals surface area contributed by atoms with Gasteiger partial charge >= 0.3 is 0 Å². The molecule has 7 heteroatoms. The number of thiophene rings is 1. The van der Waals surface area contributed by atoms with E-state index in [-0.39, 0.29) is 24.0 Å². The number of hydrogen-bond donors (Lipinski definition) is 2. The predicted octanol–water partition coefficient (Wildman–Crippen LogP) is 3.49. The van der Waals surface area contributed by atoms with E-state index in [1.807, 2.05) is 18.4 Å². The molecule has 1 aromatic heterocycles. The van der Waals surface area contributed by atoms with Crippen molar-refractivity contribution in [3.8, 4) is 0 Å². The van der Waals surface area contributed by atoms with E-state index in [4.69, 9.17) is 4.74 Å². The molecule has 0 aromatic carbocycles. The van der Waals surface area contributed by atoms with Gasteiger partial charge in [-0.2, -0.15) is 0 Å². The molecule has 1 aliphatic rings. The predicted molar refractivity (Wildman–Crippen MR) is 114 cm³/mol. The molecule has 0 unspecified atom stereocenters. The summed E-state index contributed by atoms with van der Waals surface area (Å²) in [5.41, 5.74) is 0. The molecule has 1 aromatic rings. The van der Waals surface area contributed by atoms with Crippen LogP contribution >= 0.6 is 57.9 Å². The Labute approximate surface area is 168 Å². The van der Waals surface area contributed by atoms with Crippen molar-refractivity contribution in [1.82, 2.24) is 10.6 Å². The van der Waals surface area contributed by atoms with E-state index in [0.717, 1.165) is 51.0 Å². The van der Waals surface area contributed by atoms with Crippen LogP contribution in [0.5, 0.6) is 0 Å². The molecule has 0 aliphatic heterocycles. The lowest BCUT2D eigenvalue weighted by Gasteiger charge is -2.11. The molecule has 0 spiro atoms. The normalized spacial score (nSPS) is 14.5. The van der Waals surface area contributed by atoms with Gasteiger partial charge < -0.3 is 15.4 Å². The van der Waals surface area contributed by atoms with Crippen LogP contribution in [-0.2, 0) is 11.2 Å². The fourth-order valence-electron chi connectivity index (χ4n) is 1.93. The van der Waals surface area contributed by atoms with E-state index in [0.29, 0.717) is 0 Å². The first-order chi connectivity index (χ1) is 10.3. The first-order valence-electron chi connectivity index (χ1n) is 7.54. The molecular formula is C15H25I2N3OS. The smallest absolute Gasteiger partial charge is 0.190 e. The van der Waals surface area contributed by atoms with Crippen LogP contribution in [-0.4, -0.2) is 39.3 Å². The number of aliphatic imine (C=N–C) groups is 1. The maximum absolute atomic E-state index is 5.61. The summed E-state index contributed by atoms with van der Waals surface area (Å²) in [5.74, 6) is 1.73. The standard InChI is InChI=1S/C15H24IN3OS.HI/c1-17-15(18-8-2-10-20-11-12-3-4-12)19-9-7-13-5-6-14(16)21-13;/h5-6,12H,2-4,7-11H2,1H3,(H2,17,18,19);1H. The highest BCUT2D eigenvalue weighted by atomic mass is 127. The van der Waals surface area contributed by atoms with E-state index < -0.39 is 0 Å². The molecule has 0 radical (unpaired) electrons. The summed E-state index contributed by atoms with van der Waals surface area (Å²) in [5, 5.41) is 6.67. The molecule has 2 rings (SSSR count). The van der Waals surface area contributed by atoms with Gasteiger partial charge in [-0.05, 0) is 66.3 Å². The second-order valence-electron chi connectivity index (χ2n) is 5.25. The molecule has 0 atom stereocenters. The van der Waals surface area contributed by atoms with Crippen molar-refractivity contribution < 1.29 is 4.74 Å². The van der Waals surface area contributed by atoms with Crippen molar-refractivity contribution in [2.24, 2.45) is 10.9 Å². The largest absolute Gasteiger partial charge is 0.381 e. The lowest BCUT2D eigenvalue weighted by molar-refractivity contribution is 0.123. The third-order valence-electron chi connectivity index (χ3n) is 3.32. The summed E-state index contributed by atoms with van der Waals surface area (Å²) < 4.78 is 6.96. The van der Waals surface area contributed by atoms with Crippen molar-refractivity contribution >= 4 is 63.9 Å². The quantitative estimate of drug-likeness (QED) is 0.215. The van der Waals surface area contributed by atoms with Crippen LogP contribution in [0.25, 0.3) is 0 Å². The highest BCUT2D eigenvalue weighted by Crippen LogP contribution is 2.28. The summed E-state index contributed by atoms with van der Waals surface area (Å²) in [6.07, 6.45) is 4.78. The van der Waals surface area contributed by atoms with Gasteiger partial charge in [-0.15, -0.1) is 35.3 Å². The first kappa shape index (κ1) is 20.4. The maximum atomic E-state index is 5.61. The molecule has 22 heavy (non-hydrogen) atoms. The van der Waals surface area contributed by atoms with Gasteiger partial charge in [-0.3, -0.25) is 4.99 Å². The zero-order chi connectivity index (χ0) is 14.9. The number of nitrogens with zero attached hydrogens (tertiary/aromatic N) is 1. The molecule has 1 fully saturated rings. The van der Waals surface area contributed by atoms with Gasteiger partial charge in [0.15, 0.2) is 5.96 Å². The highest BCUT2D eigenvalue weighted by molar-refractivity contribution is 14.1. The molecular weight excluding hydrogens is 524 g/mol. The fraction of sp³-hybridized carbons (Fsp3) is 0.667. The molecule has 1 saturated carbocycles. The SMILES string of the molecule is CN=C(NCCCOCC1CC1)NCCc1ccc(I)s1.I. The Kier molecular flexibility index (Phi) is 11.0. The van der Waals surface area contributed by atoms with Crippen molar-refractivity contribution in [3.05, 3.63) is 19.9 Å². The average molecular weight is 549 g/mol. The zero-order valence-electron chi connectivity index (χ0n) is 12.9. The molecule has 0 amide bonds. The van der Waals surface area contributed by atoms with Crippen LogP contribution in [0.2, 0.25) is 0 Å². The van der Waals surface area contributed by atoms with Gasteiger partial charge in [0.25, 0.3) is 0 Å². The van der Waals surface area contributed by atoms with Crippen LogP contribution in [0.15, 0.2) is 17.1 Å². The summed E-state index contributed by atoms with van der Waals surface area (Å²) in [6.45, 7) is 3.61. The monoisotopic (exact) mass is 549 g/mol. The molecule has 4 nitrogen and oxygen atoms in total. The lowest BCUT2D eigenvalue weighted by atomic mass is 10.3. The number of ether oxygens (including phenoxy) is 1. The van der Waals surface area contributed by atoms with E-state index in [1.165, 1.54) is 20.6 Å². The second kappa shape index (κ2) is 11.9. The van der Waals surface area contributed by atoms with Crippen LogP contribution in [0.1, 0.15) is 24.1 Å². The van der Waals surface area contributed by atoms with Crippen LogP contribution < -0.4 is 10.6 Å². The molecule has 2 N–H and O–H groups in total.